The lowest BCUT2D eigenvalue weighted by atomic mass is 9.98. The zero-order valence-corrected chi connectivity index (χ0v) is 10.6. The van der Waals surface area contributed by atoms with E-state index in [1.54, 1.807) is 11.9 Å². The highest BCUT2D eigenvalue weighted by Gasteiger charge is 2.25. The summed E-state index contributed by atoms with van der Waals surface area (Å²) in [5.41, 5.74) is 0.759. The number of nitrogens with zero attached hydrogens (tertiary/aromatic N) is 2. The Labute approximate surface area is 103 Å². The van der Waals surface area contributed by atoms with Gasteiger partial charge in [-0.25, -0.2) is 0 Å². The lowest BCUT2D eigenvalue weighted by Gasteiger charge is -2.26. The molecule has 0 spiro atoms. The first kappa shape index (κ1) is 13.2. The van der Waals surface area contributed by atoms with E-state index in [1.165, 1.54) is 0 Å². The summed E-state index contributed by atoms with van der Waals surface area (Å²) in [5.74, 6) is -0.830. The maximum atomic E-state index is 12.2. The number of carbonyl (C=O) groups is 1. The standard InChI is InChI=1S/C14H18N2O/c1-4-11(2)16(3)14(17)13(10-15)12-8-6-5-7-9-12/h5-9,11,13H,4H2,1-3H3. The Bertz CT molecular complexity index is 408. The fourth-order valence-corrected chi connectivity index (χ4v) is 1.61. The van der Waals surface area contributed by atoms with Crippen molar-refractivity contribution in [3.05, 3.63) is 35.9 Å². The lowest BCUT2D eigenvalue weighted by Crippen LogP contribution is -2.37. The smallest absolute Gasteiger partial charge is 0.244 e. The average Bonchev–Trinajstić information content (AvgIpc) is 2.38. The van der Waals surface area contributed by atoms with Crippen molar-refractivity contribution >= 4 is 5.91 Å². The molecule has 0 radical (unpaired) electrons. The van der Waals surface area contributed by atoms with Crippen molar-refractivity contribution < 1.29 is 4.79 Å². The van der Waals surface area contributed by atoms with Gasteiger partial charge in [0.1, 0.15) is 5.92 Å². The van der Waals surface area contributed by atoms with Gasteiger partial charge in [-0.05, 0) is 18.9 Å². The van der Waals surface area contributed by atoms with Crippen LogP contribution in [0.2, 0.25) is 0 Å². The monoisotopic (exact) mass is 230 g/mol. The van der Waals surface area contributed by atoms with Crippen LogP contribution in [-0.2, 0) is 4.79 Å². The van der Waals surface area contributed by atoms with Gasteiger partial charge in [0.15, 0.2) is 0 Å². The minimum atomic E-state index is -0.699. The quantitative estimate of drug-likeness (QED) is 0.797. The molecule has 1 aromatic carbocycles. The number of hydrogen-bond donors (Lipinski definition) is 0. The van der Waals surface area contributed by atoms with Crippen molar-refractivity contribution in [2.45, 2.75) is 32.2 Å². The average molecular weight is 230 g/mol. The first-order valence-corrected chi connectivity index (χ1v) is 5.83. The fraction of sp³-hybridized carbons (Fsp3) is 0.429. The van der Waals surface area contributed by atoms with Gasteiger partial charge in [-0.15, -0.1) is 0 Å². The van der Waals surface area contributed by atoms with Crippen molar-refractivity contribution in [1.29, 1.82) is 5.26 Å². The molecule has 0 heterocycles. The Morgan fingerprint density at radius 1 is 1.41 bits per heavy atom. The molecule has 3 heteroatoms. The van der Waals surface area contributed by atoms with E-state index >= 15 is 0 Å². The van der Waals surface area contributed by atoms with E-state index in [0.29, 0.717) is 0 Å². The Morgan fingerprint density at radius 2 is 2.00 bits per heavy atom. The van der Waals surface area contributed by atoms with Crippen LogP contribution in [0.5, 0.6) is 0 Å². The molecule has 90 valence electrons. The largest absolute Gasteiger partial charge is 0.342 e. The van der Waals surface area contributed by atoms with Crippen LogP contribution in [0.4, 0.5) is 0 Å². The second kappa shape index (κ2) is 6.05. The molecule has 17 heavy (non-hydrogen) atoms. The van der Waals surface area contributed by atoms with E-state index < -0.39 is 5.92 Å². The van der Waals surface area contributed by atoms with Crippen LogP contribution in [0.3, 0.4) is 0 Å². The zero-order valence-electron chi connectivity index (χ0n) is 10.6. The third-order valence-corrected chi connectivity index (χ3v) is 3.11. The van der Waals surface area contributed by atoms with E-state index in [0.717, 1.165) is 12.0 Å². The van der Waals surface area contributed by atoms with Gasteiger partial charge < -0.3 is 4.90 Å². The number of hydrogen-bond acceptors (Lipinski definition) is 2. The van der Waals surface area contributed by atoms with E-state index in [9.17, 15) is 4.79 Å². The molecule has 1 rings (SSSR count). The predicted molar refractivity (Wildman–Crippen MR) is 67.3 cm³/mol. The molecule has 2 atom stereocenters. The normalized spacial score (nSPS) is 13.5. The van der Waals surface area contributed by atoms with E-state index in [-0.39, 0.29) is 11.9 Å². The van der Waals surface area contributed by atoms with Gasteiger partial charge in [0.25, 0.3) is 0 Å². The molecule has 0 saturated heterocycles. The highest BCUT2D eigenvalue weighted by molar-refractivity contribution is 5.86. The van der Waals surface area contributed by atoms with Gasteiger partial charge in [-0.1, -0.05) is 37.3 Å². The summed E-state index contributed by atoms with van der Waals surface area (Å²) in [6.07, 6.45) is 0.884. The third kappa shape index (κ3) is 3.07. The van der Waals surface area contributed by atoms with Crippen molar-refractivity contribution in [3.63, 3.8) is 0 Å². The Hall–Kier alpha value is -1.82. The Morgan fingerprint density at radius 3 is 2.47 bits per heavy atom. The molecule has 3 nitrogen and oxygen atoms in total. The van der Waals surface area contributed by atoms with Crippen molar-refractivity contribution in [3.8, 4) is 6.07 Å². The number of likely N-dealkylation sites (N-methyl/N-ethyl adjacent to an activating group) is 1. The van der Waals surface area contributed by atoms with Crippen LogP contribution in [0.1, 0.15) is 31.7 Å². The molecule has 2 unspecified atom stereocenters. The minimum Gasteiger partial charge on any atom is -0.342 e. The van der Waals surface area contributed by atoms with Gasteiger partial charge in [0.2, 0.25) is 5.91 Å². The van der Waals surface area contributed by atoms with Gasteiger partial charge in [-0.2, -0.15) is 5.26 Å². The number of nitriles is 1. The number of carbonyl (C=O) groups excluding carboxylic acids is 1. The summed E-state index contributed by atoms with van der Waals surface area (Å²) in [6, 6.07) is 11.4. The fourth-order valence-electron chi connectivity index (χ4n) is 1.61. The second-order valence-electron chi connectivity index (χ2n) is 4.18. The van der Waals surface area contributed by atoms with Crippen LogP contribution in [0.25, 0.3) is 0 Å². The third-order valence-electron chi connectivity index (χ3n) is 3.11. The summed E-state index contributed by atoms with van der Waals surface area (Å²) in [5, 5.41) is 9.16. The van der Waals surface area contributed by atoms with Crippen LogP contribution < -0.4 is 0 Å². The molecule has 0 aliphatic heterocycles. The maximum absolute atomic E-state index is 12.2. The van der Waals surface area contributed by atoms with Gasteiger partial charge in [-0.3, -0.25) is 4.79 Å². The van der Waals surface area contributed by atoms with Crippen molar-refractivity contribution in [1.82, 2.24) is 4.90 Å². The molecular weight excluding hydrogens is 212 g/mol. The van der Waals surface area contributed by atoms with Crippen LogP contribution in [0.15, 0.2) is 30.3 Å². The first-order valence-electron chi connectivity index (χ1n) is 5.83. The molecule has 0 fully saturated rings. The molecule has 1 amide bonds. The predicted octanol–water partition coefficient (Wildman–Crippen LogP) is 2.55. The molecule has 0 aromatic heterocycles. The van der Waals surface area contributed by atoms with E-state index in [2.05, 4.69) is 6.07 Å². The van der Waals surface area contributed by atoms with Crippen LogP contribution >= 0.6 is 0 Å². The number of amides is 1. The highest BCUT2D eigenvalue weighted by atomic mass is 16.2. The zero-order chi connectivity index (χ0) is 12.8. The molecule has 0 N–H and O–H groups in total. The van der Waals surface area contributed by atoms with E-state index in [4.69, 9.17) is 5.26 Å². The van der Waals surface area contributed by atoms with Gasteiger partial charge >= 0.3 is 0 Å². The second-order valence-corrected chi connectivity index (χ2v) is 4.18. The maximum Gasteiger partial charge on any atom is 0.244 e. The molecule has 0 saturated carbocycles. The molecule has 1 aromatic rings. The Kier molecular flexibility index (Phi) is 4.71. The number of benzene rings is 1. The topological polar surface area (TPSA) is 44.1 Å². The van der Waals surface area contributed by atoms with Gasteiger partial charge in [0, 0.05) is 13.1 Å². The summed E-state index contributed by atoms with van der Waals surface area (Å²) < 4.78 is 0. The summed E-state index contributed by atoms with van der Waals surface area (Å²) in [4.78, 5) is 13.8. The van der Waals surface area contributed by atoms with Crippen molar-refractivity contribution in [2.24, 2.45) is 0 Å². The summed E-state index contributed by atoms with van der Waals surface area (Å²) in [6.45, 7) is 4.01. The summed E-state index contributed by atoms with van der Waals surface area (Å²) in [7, 11) is 1.75. The van der Waals surface area contributed by atoms with Crippen molar-refractivity contribution in [2.75, 3.05) is 7.05 Å². The molecular formula is C14H18N2O. The summed E-state index contributed by atoms with van der Waals surface area (Å²) >= 11 is 0. The van der Waals surface area contributed by atoms with Crippen LogP contribution in [-0.4, -0.2) is 23.9 Å². The molecule has 0 aliphatic rings. The number of rotatable bonds is 4. The molecule has 0 bridgehead atoms. The first-order chi connectivity index (χ1) is 8.11. The molecule has 0 aliphatic carbocycles. The minimum absolute atomic E-state index is 0.131. The Balaban J connectivity index is 2.90. The van der Waals surface area contributed by atoms with E-state index in [1.807, 2.05) is 44.2 Å². The van der Waals surface area contributed by atoms with Gasteiger partial charge in [0.05, 0.1) is 6.07 Å². The van der Waals surface area contributed by atoms with Crippen LogP contribution in [0, 0.1) is 11.3 Å². The SMILES string of the molecule is CCC(C)N(C)C(=O)C(C#N)c1ccccc1. The lowest BCUT2D eigenvalue weighted by molar-refractivity contribution is -0.132. The highest BCUT2D eigenvalue weighted by Crippen LogP contribution is 2.18.